The van der Waals surface area contributed by atoms with Gasteiger partial charge in [-0.3, -0.25) is 4.79 Å². The molecule has 0 bridgehead atoms. The van der Waals surface area contributed by atoms with Crippen LogP contribution in [0.1, 0.15) is 55.6 Å². The van der Waals surface area contributed by atoms with Crippen LogP contribution >= 0.6 is 0 Å². The molecular formula is C17H25N5O3. The summed E-state index contributed by atoms with van der Waals surface area (Å²) in [7, 11) is 1.95. The molecule has 1 aliphatic heterocycles. The minimum absolute atomic E-state index is 0.0727. The summed E-state index contributed by atoms with van der Waals surface area (Å²) in [6, 6.07) is 0. The van der Waals surface area contributed by atoms with Gasteiger partial charge in [0.25, 0.3) is 0 Å². The van der Waals surface area contributed by atoms with Crippen LogP contribution in [-0.4, -0.2) is 50.3 Å². The molecule has 0 N–H and O–H groups in total. The number of hydrogen-bond acceptors (Lipinski definition) is 6. The third-order valence-electron chi connectivity index (χ3n) is 4.27. The third-order valence-corrected chi connectivity index (χ3v) is 4.27. The van der Waals surface area contributed by atoms with E-state index in [4.69, 9.17) is 9.15 Å². The Morgan fingerprint density at radius 1 is 1.40 bits per heavy atom. The first-order valence-electron chi connectivity index (χ1n) is 8.65. The average Bonchev–Trinajstić information content (AvgIpc) is 3.19. The third kappa shape index (κ3) is 4.07. The Hall–Kier alpha value is -2.22. The number of aryl methyl sites for hydroxylation is 3. The van der Waals surface area contributed by atoms with E-state index >= 15 is 0 Å². The van der Waals surface area contributed by atoms with Gasteiger partial charge in [-0.2, -0.15) is 0 Å². The molecule has 0 unspecified atom stereocenters. The molecule has 136 valence electrons. The van der Waals surface area contributed by atoms with Crippen molar-refractivity contribution in [1.29, 1.82) is 0 Å². The first-order valence-corrected chi connectivity index (χ1v) is 8.65. The van der Waals surface area contributed by atoms with Gasteiger partial charge in [-0.05, 0) is 6.92 Å². The van der Waals surface area contributed by atoms with Gasteiger partial charge in [-0.15, -0.1) is 10.2 Å². The van der Waals surface area contributed by atoms with Crippen molar-refractivity contribution in [2.24, 2.45) is 7.05 Å². The van der Waals surface area contributed by atoms with Gasteiger partial charge in [0.1, 0.15) is 11.9 Å². The smallest absolute Gasteiger partial charge is 0.223 e. The Kier molecular flexibility index (Phi) is 5.17. The lowest BCUT2D eigenvalue weighted by molar-refractivity contribution is -0.139. The van der Waals surface area contributed by atoms with E-state index in [2.05, 4.69) is 15.2 Å². The Labute approximate surface area is 147 Å². The summed E-state index contributed by atoms with van der Waals surface area (Å²) in [6.07, 6.45) is 2.59. The zero-order valence-electron chi connectivity index (χ0n) is 15.2. The average molecular weight is 347 g/mol. The number of hydrogen-bond donors (Lipinski definition) is 0. The molecule has 2 aromatic heterocycles. The highest BCUT2D eigenvalue weighted by Gasteiger charge is 2.28. The molecule has 0 radical (unpaired) electrons. The van der Waals surface area contributed by atoms with E-state index in [1.165, 1.54) is 0 Å². The molecule has 8 nitrogen and oxygen atoms in total. The normalized spacial score (nSPS) is 18.1. The molecule has 0 saturated carbocycles. The topological polar surface area (TPSA) is 86.3 Å². The van der Waals surface area contributed by atoms with Crippen LogP contribution in [0.2, 0.25) is 0 Å². The van der Waals surface area contributed by atoms with Crippen LogP contribution in [0.3, 0.4) is 0 Å². The van der Waals surface area contributed by atoms with Crippen molar-refractivity contribution < 1.29 is 13.9 Å². The van der Waals surface area contributed by atoms with Gasteiger partial charge in [0, 0.05) is 38.5 Å². The number of amides is 1. The van der Waals surface area contributed by atoms with Crippen molar-refractivity contribution in [2.45, 2.75) is 45.6 Å². The predicted molar refractivity (Wildman–Crippen MR) is 89.9 cm³/mol. The van der Waals surface area contributed by atoms with E-state index in [1.807, 2.05) is 43.5 Å². The van der Waals surface area contributed by atoms with Crippen LogP contribution in [0.25, 0.3) is 0 Å². The Morgan fingerprint density at radius 3 is 2.84 bits per heavy atom. The van der Waals surface area contributed by atoms with E-state index in [0.29, 0.717) is 44.3 Å². The monoisotopic (exact) mass is 347 g/mol. The van der Waals surface area contributed by atoms with Crippen molar-refractivity contribution in [3.05, 3.63) is 29.5 Å². The molecule has 3 rings (SSSR count). The van der Waals surface area contributed by atoms with Crippen LogP contribution in [0.15, 0.2) is 10.6 Å². The van der Waals surface area contributed by atoms with Gasteiger partial charge in [-0.25, -0.2) is 4.98 Å². The van der Waals surface area contributed by atoms with Gasteiger partial charge in [0.05, 0.1) is 18.8 Å². The first-order chi connectivity index (χ1) is 11.9. The van der Waals surface area contributed by atoms with E-state index in [9.17, 15) is 4.79 Å². The van der Waals surface area contributed by atoms with Gasteiger partial charge in [0.15, 0.2) is 0 Å². The van der Waals surface area contributed by atoms with Crippen molar-refractivity contribution in [3.8, 4) is 0 Å². The van der Waals surface area contributed by atoms with Crippen molar-refractivity contribution in [1.82, 2.24) is 24.6 Å². The van der Waals surface area contributed by atoms with Gasteiger partial charge >= 0.3 is 0 Å². The number of morpholine rings is 1. The molecule has 1 fully saturated rings. The van der Waals surface area contributed by atoms with Gasteiger partial charge in [-0.1, -0.05) is 13.8 Å². The van der Waals surface area contributed by atoms with E-state index in [-0.39, 0.29) is 17.9 Å². The molecule has 25 heavy (non-hydrogen) atoms. The zero-order chi connectivity index (χ0) is 18.0. The molecule has 0 aromatic carbocycles. The quantitative estimate of drug-likeness (QED) is 0.819. The fourth-order valence-electron chi connectivity index (χ4n) is 2.94. The summed E-state index contributed by atoms with van der Waals surface area (Å²) in [5.74, 6) is 2.25. The molecule has 8 heteroatoms. The second-order valence-electron chi connectivity index (χ2n) is 6.74. The van der Waals surface area contributed by atoms with Crippen LogP contribution in [0, 0.1) is 6.92 Å². The molecule has 0 spiro atoms. The van der Waals surface area contributed by atoms with Crippen LogP contribution < -0.4 is 0 Å². The minimum atomic E-state index is -0.188. The lowest BCUT2D eigenvalue weighted by atomic mass is 10.2. The van der Waals surface area contributed by atoms with Crippen LogP contribution in [0.5, 0.6) is 0 Å². The summed E-state index contributed by atoms with van der Waals surface area (Å²) in [5.41, 5.74) is 0.946. The molecule has 2 aromatic rings. The molecule has 1 amide bonds. The maximum absolute atomic E-state index is 12.5. The standard InChI is InChI=1S/C17H25N5O3/c1-11(2)17-20-19-14(25-17)5-6-15(23)22-7-8-24-13(10-22)16-18-12(3)9-21(16)4/h9,11,13H,5-8,10H2,1-4H3/t13-/m0/s1. The second-order valence-corrected chi connectivity index (χ2v) is 6.74. The summed E-state index contributed by atoms with van der Waals surface area (Å²) in [5, 5.41) is 8.00. The number of rotatable bonds is 5. The van der Waals surface area contributed by atoms with E-state index in [0.717, 1.165) is 11.5 Å². The van der Waals surface area contributed by atoms with Gasteiger partial charge in [0.2, 0.25) is 17.7 Å². The van der Waals surface area contributed by atoms with Crippen LogP contribution in [0.4, 0.5) is 0 Å². The summed E-state index contributed by atoms with van der Waals surface area (Å²) < 4.78 is 13.3. The van der Waals surface area contributed by atoms with E-state index in [1.54, 1.807) is 0 Å². The Balaban J connectivity index is 1.57. The van der Waals surface area contributed by atoms with Crippen molar-refractivity contribution in [2.75, 3.05) is 19.7 Å². The second kappa shape index (κ2) is 7.35. The highest BCUT2D eigenvalue weighted by atomic mass is 16.5. The fraction of sp³-hybridized carbons (Fsp3) is 0.647. The number of aromatic nitrogens is 4. The zero-order valence-corrected chi connectivity index (χ0v) is 15.2. The highest BCUT2D eigenvalue weighted by molar-refractivity contribution is 5.76. The maximum Gasteiger partial charge on any atom is 0.223 e. The maximum atomic E-state index is 12.5. The molecule has 1 saturated heterocycles. The van der Waals surface area contributed by atoms with Crippen molar-refractivity contribution in [3.63, 3.8) is 0 Å². The van der Waals surface area contributed by atoms with Crippen LogP contribution in [-0.2, 0) is 23.0 Å². The summed E-state index contributed by atoms with van der Waals surface area (Å²) in [4.78, 5) is 18.9. The first kappa shape index (κ1) is 17.6. The number of ether oxygens (including phenoxy) is 1. The molecule has 1 atom stereocenters. The van der Waals surface area contributed by atoms with Crippen molar-refractivity contribution >= 4 is 5.91 Å². The molecule has 1 aliphatic rings. The molecule has 3 heterocycles. The van der Waals surface area contributed by atoms with E-state index < -0.39 is 0 Å². The Bertz CT molecular complexity index is 736. The number of nitrogens with zero attached hydrogens (tertiary/aromatic N) is 5. The SMILES string of the molecule is Cc1cn(C)c([C@@H]2CN(C(=O)CCc3nnc(C(C)C)o3)CCO2)n1. The summed E-state index contributed by atoms with van der Waals surface area (Å²) in [6.45, 7) is 7.57. The molecular weight excluding hydrogens is 322 g/mol. The lowest BCUT2D eigenvalue weighted by Gasteiger charge is -2.32. The highest BCUT2D eigenvalue weighted by Crippen LogP contribution is 2.22. The number of carbonyl (C=O) groups excluding carboxylic acids is 1. The largest absolute Gasteiger partial charge is 0.425 e. The van der Waals surface area contributed by atoms with Gasteiger partial charge < -0.3 is 18.6 Å². The molecule has 0 aliphatic carbocycles. The predicted octanol–water partition coefficient (Wildman–Crippen LogP) is 1.77. The summed E-state index contributed by atoms with van der Waals surface area (Å²) >= 11 is 0. The minimum Gasteiger partial charge on any atom is -0.425 e. The Morgan fingerprint density at radius 2 is 2.20 bits per heavy atom. The fourth-order valence-corrected chi connectivity index (χ4v) is 2.94. The number of imidazole rings is 1. The number of carbonyl (C=O) groups is 1. The lowest BCUT2D eigenvalue weighted by Crippen LogP contribution is -2.43.